The van der Waals surface area contributed by atoms with Gasteiger partial charge in [0.1, 0.15) is 11.6 Å². The fourth-order valence-corrected chi connectivity index (χ4v) is 2.02. The summed E-state index contributed by atoms with van der Waals surface area (Å²) in [7, 11) is 0. The number of nitrogens with zero attached hydrogens (tertiary/aromatic N) is 3. The molecule has 0 spiro atoms. The summed E-state index contributed by atoms with van der Waals surface area (Å²) in [4.78, 5) is 22.7. The highest BCUT2D eigenvalue weighted by molar-refractivity contribution is 5.77. The van der Waals surface area contributed by atoms with E-state index in [1.807, 2.05) is 26.8 Å². The van der Waals surface area contributed by atoms with Crippen molar-refractivity contribution in [2.24, 2.45) is 5.92 Å². The minimum Gasteiger partial charge on any atom is -0.378 e. The Labute approximate surface area is 119 Å². The first-order valence-electron chi connectivity index (χ1n) is 7.01. The van der Waals surface area contributed by atoms with Gasteiger partial charge in [-0.1, -0.05) is 13.8 Å². The number of carbonyl (C=O) groups excluding carboxylic acids is 1. The number of rotatable bonds is 4. The predicted molar refractivity (Wildman–Crippen MR) is 76.5 cm³/mol. The van der Waals surface area contributed by atoms with Crippen LogP contribution in [0, 0.1) is 12.8 Å². The molecule has 0 saturated carbocycles. The second kappa shape index (κ2) is 6.65. The van der Waals surface area contributed by atoms with Gasteiger partial charge in [-0.2, -0.15) is 0 Å². The molecule has 20 heavy (non-hydrogen) atoms. The van der Waals surface area contributed by atoms with Crippen LogP contribution in [0.5, 0.6) is 0 Å². The zero-order valence-corrected chi connectivity index (χ0v) is 12.3. The van der Waals surface area contributed by atoms with Crippen molar-refractivity contribution in [1.82, 2.24) is 15.3 Å². The van der Waals surface area contributed by atoms with Crippen molar-refractivity contribution in [2.45, 2.75) is 27.3 Å². The number of morpholine rings is 1. The van der Waals surface area contributed by atoms with Crippen LogP contribution >= 0.6 is 0 Å². The van der Waals surface area contributed by atoms with E-state index in [-0.39, 0.29) is 11.8 Å². The number of nitrogens with one attached hydrogen (secondary N) is 1. The lowest BCUT2D eigenvalue weighted by Crippen LogP contribution is -2.37. The molecule has 2 heterocycles. The molecule has 0 aromatic carbocycles. The fourth-order valence-electron chi connectivity index (χ4n) is 2.02. The van der Waals surface area contributed by atoms with Crippen LogP contribution in [0.3, 0.4) is 0 Å². The van der Waals surface area contributed by atoms with Gasteiger partial charge in [-0.15, -0.1) is 0 Å². The van der Waals surface area contributed by atoms with E-state index in [9.17, 15) is 4.79 Å². The number of aromatic nitrogens is 2. The lowest BCUT2D eigenvalue weighted by Gasteiger charge is -2.28. The molecule has 1 aromatic heterocycles. The molecule has 1 aromatic rings. The molecule has 0 atom stereocenters. The molecule has 1 N–H and O–H groups in total. The molecule has 0 bridgehead atoms. The van der Waals surface area contributed by atoms with Gasteiger partial charge in [0.15, 0.2) is 0 Å². The maximum absolute atomic E-state index is 11.6. The zero-order chi connectivity index (χ0) is 14.5. The monoisotopic (exact) mass is 278 g/mol. The normalized spacial score (nSPS) is 15.5. The molecular formula is C14H22N4O2. The third kappa shape index (κ3) is 3.90. The molecule has 1 saturated heterocycles. The first kappa shape index (κ1) is 14.7. The minimum atomic E-state index is -0.0291. The molecular weight excluding hydrogens is 256 g/mol. The highest BCUT2D eigenvalue weighted by atomic mass is 16.5. The van der Waals surface area contributed by atoms with Crippen molar-refractivity contribution in [1.29, 1.82) is 0 Å². The number of hydrogen-bond acceptors (Lipinski definition) is 5. The SMILES string of the molecule is Cc1cc(N2CCOCC2)nc(CNC(=O)C(C)C)n1. The second-order valence-electron chi connectivity index (χ2n) is 5.26. The van der Waals surface area contributed by atoms with E-state index < -0.39 is 0 Å². The first-order chi connectivity index (χ1) is 9.56. The molecule has 1 amide bonds. The minimum absolute atomic E-state index is 0.0167. The third-order valence-electron chi connectivity index (χ3n) is 3.17. The van der Waals surface area contributed by atoms with E-state index >= 15 is 0 Å². The van der Waals surface area contributed by atoms with E-state index in [1.54, 1.807) is 0 Å². The summed E-state index contributed by atoms with van der Waals surface area (Å²) in [6.07, 6.45) is 0. The van der Waals surface area contributed by atoms with Crippen molar-refractivity contribution in [3.8, 4) is 0 Å². The first-order valence-corrected chi connectivity index (χ1v) is 7.01. The number of amides is 1. The van der Waals surface area contributed by atoms with E-state index in [4.69, 9.17) is 4.74 Å². The summed E-state index contributed by atoms with van der Waals surface area (Å²) in [5.74, 6) is 1.55. The Morgan fingerprint density at radius 3 is 2.75 bits per heavy atom. The highest BCUT2D eigenvalue weighted by Gasteiger charge is 2.14. The molecule has 1 fully saturated rings. The average molecular weight is 278 g/mol. The molecule has 0 radical (unpaired) electrons. The molecule has 1 aliphatic rings. The molecule has 6 heteroatoms. The molecule has 6 nitrogen and oxygen atoms in total. The largest absolute Gasteiger partial charge is 0.378 e. The summed E-state index contributed by atoms with van der Waals surface area (Å²) in [6, 6.07) is 1.97. The number of anilines is 1. The number of aryl methyl sites for hydroxylation is 1. The van der Waals surface area contributed by atoms with Gasteiger partial charge in [0, 0.05) is 30.8 Å². The fraction of sp³-hybridized carbons (Fsp3) is 0.643. The Morgan fingerprint density at radius 2 is 2.10 bits per heavy atom. The van der Waals surface area contributed by atoms with Crippen LogP contribution in [0.1, 0.15) is 25.4 Å². The zero-order valence-electron chi connectivity index (χ0n) is 12.3. The van der Waals surface area contributed by atoms with Crippen LogP contribution in [0.15, 0.2) is 6.07 Å². The Morgan fingerprint density at radius 1 is 1.40 bits per heavy atom. The van der Waals surface area contributed by atoms with Gasteiger partial charge < -0.3 is 15.0 Å². The lowest BCUT2D eigenvalue weighted by molar-refractivity contribution is -0.124. The van der Waals surface area contributed by atoms with Gasteiger partial charge in [0.2, 0.25) is 5.91 Å². The maximum Gasteiger partial charge on any atom is 0.222 e. The van der Waals surface area contributed by atoms with Crippen LogP contribution < -0.4 is 10.2 Å². The summed E-state index contributed by atoms with van der Waals surface area (Å²) in [5.41, 5.74) is 0.912. The van der Waals surface area contributed by atoms with Crippen molar-refractivity contribution < 1.29 is 9.53 Å². The van der Waals surface area contributed by atoms with Crippen LogP contribution in [-0.4, -0.2) is 42.2 Å². The molecule has 110 valence electrons. The smallest absolute Gasteiger partial charge is 0.222 e. The van der Waals surface area contributed by atoms with E-state index in [1.165, 1.54) is 0 Å². The summed E-state index contributed by atoms with van der Waals surface area (Å²) in [5, 5.41) is 2.85. The van der Waals surface area contributed by atoms with Gasteiger partial charge in [-0.25, -0.2) is 9.97 Å². The van der Waals surface area contributed by atoms with Gasteiger partial charge >= 0.3 is 0 Å². The molecule has 2 rings (SSSR count). The van der Waals surface area contributed by atoms with Crippen LogP contribution in [0.4, 0.5) is 5.82 Å². The standard InChI is InChI=1S/C14H22N4O2/c1-10(2)14(19)15-9-12-16-11(3)8-13(17-12)18-4-6-20-7-5-18/h8,10H,4-7,9H2,1-3H3,(H,15,19). The lowest BCUT2D eigenvalue weighted by atomic mass is 10.2. The van der Waals surface area contributed by atoms with E-state index in [0.29, 0.717) is 12.4 Å². The van der Waals surface area contributed by atoms with Crippen LogP contribution in [-0.2, 0) is 16.1 Å². The number of carbonyl (C=O) groups is 1. The Bertz CT molecular complexity index is 470. The third-order valence-corrected chi connectivity index (χ3v) is 3.17. The topological polar surface area (TPSA) is 67.3 Å². The summed E-state index contributed by atoms with van der Waals surface area (Å²) in [6.45, 7) is 9.18. The maximum atomic E-state index is 11.6. The average Bonchev–Trinajstić information content (AvgIpc) is 2.45. The van der Waals surface area contributed by atoms with Crippen molar-refractivity contribution in [2.75, 3.05) is 31.2 Å². The number of hydrogen-bond donors (Lipinski definition) is 1. The van der Waals surface area contributed by atoms with Crippen molar-refractivity contribution in [3.63, 3.8) is 0 Å². The number of ether oxygens (including phenoxy) is 1. The molecule has 0 unspecified atom stereocenters. The van der Waals surface area contributed by atoms with Crippen LogP contribution in [0.25, 0.3) is 0 Å². The Kier molecular flexibility index (Phi) is 4.89. The second-order valence-corrected chi connectivity index (χ2v) is 5.26. The van der Waals surface area contributed by atoms with E-state index in [0.717, 1.165) is 37.8 Å². The van der Waals surface area contributed by atoms with Crippen molar-refractivity contribution in [3.05, 3.63) is 17.6 Å². The molecule has 1 aliphatic heterocycles. The summed E-state index contributed by atoms with van der Waals surface area (Å²) < 4.78 is 5.34. The highest BCUT2D eigenvalue weighted by Crippen LogP contribution is 2.14. The quantitative estimate of drug-likeness (QED) is 0.886. The van der Waals surface area contributed by atoms with Gasteiger partial charge in [-0.05, 0) is 6.92 Å². The van der Waals surface area contributed by atoms with Crippen molar-refractivity contribution >= 4 is 11.7 Å². The van der Waals surface area contributed by atoms with Gasteiger partial charge in [-0.3, -0.25) is 4.79 Å². The van der Waals surface area contributed by atoms with Crippen LogP contribution in [0.2, 0.25) is 0 Å². The Balaban J connectivity index is 2.06. The summed E-state index contributed by atoms with van der Waals surface area (Å²) >= 11 is 0. The van der Waals surface area contributed by atoms with E-state index in [2.05, 4.69) is 20.2 Å². The van der Waals surface area contributed by atoms with Gasteiger partial charge in [0.25, 0.3) is 0 Å². The van der Waals surface area contributed by atoms with Gasteiger partial charge in [0.05, 0.1) is 19.8 Å². The Hall–Kier alpha value is -1.69. The predicted octanol–water partition coefficient (Wildman–Crippen LogP) is 0.894. The molecule has 0 aliphatic carbocycles.